The van der Waals surface area contributed by atoms with Gasteiger partial charge in [0.2, 0.25) is 10.0 Å². The lowest BCUT2D eigenvalue weighted by molar-refractivity contribution is -0.124. The van der Waals surface area contributed by atoms with Crippen LogP contribution in [0.2, 0.25) is 0 Å². The van der Waals surface area contributed by atoms with E-state index >= 15 is 0 Å². The first-order valence-electron chi connectivity index (χ1n) is 6.45. The Bertz CT molecular complexity index is 404. The molecular formula is C11H21N3O3S. The molecule has 2 N–H and O–H groups in total. The molecule has 1 atom stereocenters. The molecule has 0 bridgehead atoms. The first kappa shape index (κ1) is 13.8. The van der Waals surface area contributed by atoms with Gasteiger partial charge in [-0.05, 0) is 45.3 Å². The van der Waals surface area contributed by atoms with E-state index in [1.54, 1.807) is 0 Å². The van der Waals surface area contributed by atoms with Crippen LogP contribution in [0, 0.1) is 0 Å². The van der Waals surface area contributed by atoms with E-state index in [2.05, 4.69) is 14.9 Å². The predicted molar refractivity (Wildman–Crippen MR) is 68.6 cm³/mol. The zero-order valence-electron chi connectivity index (χ0n) is 10.7. The van der Waals surface area contributed by atoms with Crippen molar-refractivity contribution in [3.8, 4) is 0 Å². The van der Waals surface area contributed by atoms with Crippen molar-refractivity contribution < 1.29 is 13.2 Å². The van der Waals surface area contributed by atoms with Crippen LogP contribution in [0.15, 0.2) is 0 Å². The van der Waals surface area contributed by atoms with Crippen LogP contribution in [0.3, 0.4) is 0 Å². The molecule has 104 valence electrons. The van der Waals surface area contributed by atoms with Gasteiger partial charge in [0.25, 0.3) is 5.91 Å². The number of likely N-dealkylation sites (tertiary alicyclic amines) is 1. The van der Waals surface area contributed by atoms with Crippen LogP contribution in [-0.4, -0.2) is 57.2 Å². The van der Waals surface area contributed by atoms with Gasteiger partial charge < -0.3 is 5.32 Å². The zero-order valence-corrected chi connectivity index (χ0v) is 11.5. The number of rotatable bonds is 3. The largest absolute Gasteiger partial charge is 0.317 e. The van der Waals surface area contributed by atoms with Crippen LogP contribution in [-0.2, 0) is 14.8 Å². The van der Waals surface area contributed by atoms with Gasteiger partial charge in [-0.1, -0.05) is 0 Å². The number of piperidine rings is 1. The highest BCUT2D eigenvalue weighted by molar-refractivity contribution is 7.89. The molecule has 0 radical (unpaired) electrons. The molecule has 2 aliphatic heterocycles. The monoisotopic (exact) mass is 275 g/mol. The van der Waals surface area contributed by atoms with Crippen LogP contribution in [0.1, 0.15) is 25.7 Å². The van der Waals surface area contributed by atoms with Crippen LogP contribution in [0.4, 0.5) is 0 Å². The first-order valence-corrected chi connectivity index (χ1v) is 8.34. The molecule has 0 aromatic carbocycles. The van der Waals surface area contributed by atoms with Gasteiger partial charge in [-0.15, -0.1) is 0 Å². The molecule has 2 fully saturated rings. The van der Waals surface area contributed by atoms with Crippen LogP contribution < -0.4 is 10.0 Å². The van der Waals surface area contributed by atoms with Gasteiger partial charge in [0.1, 0.15) is 0 Å². The van der Waals surface area contributed by atoms with E-state index in [4.69, 9.17) is 0 Å². The highest BCUT2D eigenvalue weighted by atomic mass is 32.2. The maximum absolute atomic E-state index is 12.0. The summed E-state index contributed by atoms with van der Waals surface area (Å²) in [6, 6.07) is 0.131. The average molecular weight is 275 g/mol. The quantitative estimate of drug-likeness (QED) is 0.710. The molecule has 1 amide bonds. The number of amides is 1. The minimum atomic E-state index is -3.45. The van der Waals surface area contributed by atoms with Gasteiger partial charge in [-0.25, -0.2) is 8.42 Å². The Balaban J connectivity index is 2.00. The summed E-state index contributed by atoms with van der Waals surface area (Å²) >= 11 is 0. The number of carbonyl (C=O) groups is 1. The van der Waals surface area contributed by atoms with E-state index < -0.39 is 10.0 Å². The van der Waals surface area contributed by atoms with E-state index in [0.717, 1.165) is 51.6 Å². The Hall–Kier alpha value is -0.660. The molecule has 2 aliphatic rings. The second-order valence-electron chi connectivity index (χ2n) is 5.12. The van der Waals surface area contributed by atoms with Gasteiger partial charge in [0, 0.05) is 6.04 Å². The molecule has 0 saturated carbocycles. The minimum absolute atomic E-state index is 0.275. The molecule has 0 aromatic rings. The number of nitrogens with zero attached hydrogens (tertiary/aromatic N) is 1. The summed E-state index contributed by atoms with van der Waals surface area (Å²) < 4.78 is 24.3. The number of hydrogen-bond donors (Lipinski definition) is 2. The minimum Gasteiger partial charge on any atom is -0.317 e. The summed E-state index contributed by atoms with van der Waals surface area (Å²) in [5.41, 5.74) is 0. The Kier molecular flexibility index (Phi) is 4.24. The van der Waals surface area contributed by atoms with Crippen LogP contribution >= 0.6 is 0 Å². The molecule has 1 unspecified atom stereocenters. The lowest BCUT2D eigenvalue weighted by Gasteiger charge is -2.34. The second-order valence-corrected chi connectivity index (χ2v) is 6.86. The lowest BCUT2D eigenvalue weighted by Crippen LogP contribution is -2.51. The maximum atomic E-state index is 12.0. The molecule has 2 heterocycles. The van der Waals surface area contributed by atoms with E-state index in [1.165, 1.54) is 0 Å². The van der Waals surface area contributed by atoms with Crippen molar-refractivity contribution in [1.82, 2.24) is 14.9 Å². The normalized spacial score (nSPS) is 27.3. The number of carbonyl (C=O) groups excluding carboxylic acids is 1. The molecule has 7 heteroatoms. The number of hydrogen-bond acceptors (Lipinski definition) is 5. The lowest BCUT2D eigenvalue weighted by atomic mass is 10.0. The van der Waals surface area contributed by atoms with Gasteiger partial charge in [-0.3, -0.25) is 14.4 Å². The molecule has 0 spiro atoms. The summed E-state index contributed by atoms with van der Waals surface area (Å²) in [7, 11) is -3.45. The van der Waals surface area contributed by atoms with Gasteiger partial charge >= 0.3 is 0 Å². The third-order valence-corrected chi connectivity index (χ3v) is 4.23. The van der Waals surface area contributed by atoms with Crippen molar-refractivity contribution in [2.45, 2.75) is 37.8 Å². The SMILES string of the molecule is CS(=O)(=O)NC(=O)C1CCCN1C1CCNCC1. The summed E-state index contributed by atoms with van der Waals surface area (Å²) in [6.45, 7) is 2.84. The summed E-state index contributed by atoms with van der Waals surface area (Å²) in [5, 5.41) is 3.30. The van der Waals surface area contributed by atoms with E-state index in [0.29, 0.717) is 6.04 Å². The van der Waals surface area contributed by atoms with Gasteiger partial charge in [0.15, 0.2) is 0 Å². The molecule has 0 aromatic heterocycles. The third kappa shape index (κ3) is 3.43. The van der Waals surface area contributed by atoms with Crippen LogP contribution in [0.5, 0.6) is 0 Å². The molecule has 2 rings (SSSR count). The highest BCUT2D eigenvalue weighted by Gasteiger charge is 2.36. The van der Waals surface area contributed by atoms with Crippen molar-refractivity contribution in [2.24, 2.45) is 0 Å². The smallest absolute Gasteiger partial charge is 0.250 e. The van der Waals surface area contributed by atoms with Crippen LogP contribution in [0.25, 0.3) is 0 Å². The van der Waals surface area contributed by atoms with Crippen molar-refractivity contribution in [3.63, 3.8) is 0 Å². The standard InChI is InChI=1S/C11H21N3O3S/c1-18(16,17)13-11(15)10-3-2-8-14(10)9-4-6-12-7-5-9/h9-10,12H,2-8H2,1H3,(H,13,15). The van der Waals surface area contributed by atoms with Gasteiger partial charge in [-0.2, -0.15) is 0 Å². The van der Waals surface area contributed by atoms with Crippen molar-refractivity contribution in [2.75, 3.05) is 25.9 Å². The topological polar surface area (TPSA) is 78.5 Å². The van der Waals surface area contributed by atoms with E-state index in [-0.39, 0.29) is 11.9 Å². The predicted octanol–water partition coefficient (Wildman–Crippen LogP) is -0.721. The Morgan fingerprint density at radius 3 is 2.56 bits per heavy atom. The van der Waals surface area contributed by atoms with Crippen molar-refractivity contribution in [1.29, 1.82) is 0 Å². The Labute approximate surface area is 108 Å². The fourth-order valence-electron chi connectivity index (χ4n) is 2.90. The third-order valence-electron chi connectivity index (χ3n) is 3.66. The molecule has 18 heavy (non-hydrogen) atoms. The highest BCUT2D eigenvalue weighted by Crippen LogP contribution is 2.24. The number of nitrogens with one attached hydrogen (secondary N) is 2. The van der Waals surface area contributed by atoms with Crippen molar-refractivity contribution >= 4 is 15.9 Å². The summed E-state index contributed by atoms with van der Waals surface area (Å²) in [5.74, 6) is -0.367. The zero-order chi connectivity index (χ0) is 13.2. The van der Waals surface area contributed by atoms with Gasteiger partial charge in [0.05, 0.1) is 12.3 Å². The Morgan fingerprint density at radius 1 is 1.28 bits per heavy atom. The van der Waals surface area contributed by atoms with E-state index in [1.807, 2.05) is 0 Å². The maximum Gasteiger partial charge on any atom is 0.250 e. The van der Waals surface area contributed by atoms with E-state index in [9.17, 15) is 13.2 Å². The van der Waals surface area contributed by atoms with Crippen molar-refractivity contribution in [3.05, 3.63) is 0 Å². The average Bonchev–Trinajstić information content (AvgIpc) is 2.76. The summed E-state index contributed by atoms with van der Waals surface area (Å²) in [6.07, 6.45) is 4.80. The second kappa shape index (κ2) is 5.54. The fourth-order valence-corrected chi connectivity index (χ4v) is 3.40. The molecule has 0 aliphatic carbocycles. The first-order chi connectivity index (χ1) is 8.47. The summed E-state index contributed by atoms with van der Waals surface area (Å²) in [4.78, 5) is 14.1. The Morgan fingerprint density at radius 2 is 1.94 bits per heavy atom. The number of sulfonamides is 1. The fraction of sp³-hybridized carbons (Fsp3) is 0.909. The molecular weight excluding hydrogens is 254 g/mol. The molecule has 2 saturated heterocycles. The molecule has 6 nitrogen and oxygen atoms in total.